The minimum atomic E-state index is -0.856. The van der Waals surface area contributed by atoms with Gasteiger partial charge in [0, 0.05) is 12.8 Å². The van der Waals surface area contributed by atoms with Crippen LogP contribution in [-0.2, 0) is 14.3 Å². The van der Waals surface area contributed by atoms with Gasteiger partial charge in [0.2, 0.25) is 5.91 Å². The summed E-state index contributed by atoms with van der Waals surface area (Å²) in [6, 6.07) is -0.641. The van der Waals surface area contributed by atoms with Crippen LogP contribution < -0.4 is 5.32 Å². The molecule has 402 valence electrons. The first-order valence-electron chi connectivity index (χ1n) is 30.6. The van der Waals surface area contributed by atoms with Crippen molar-refractivity contribution in [3.05, 3.63) is 24.3 Å². The lowest BCUT2D eigenvalue weighted by Gasteiger charge is -2.20. The van der Waals surface area contributed by atoms with Crippen LogP contribution in [0.3, 0.4) is 0 Å². The number of unbranched alkanes of at least 4 members (excludes halogenated alkanes) is 44. The molecule has 0 rings (SSSR count). The van der Waals surface area contributed by atoms with Gasteiger partial charge in [0.15, 0.2) is 0 Å². The zero-order valence-electron chi connectivity index (χ0n) is 45.9. The van der Waals surface area contributed by atoms with Crippen molar-refractivity contribution in [2.75, 3.05) is 13.2 Å². The molecule has 0 aromatic rings. The van der Waals surface area contributed by atoms with Crippen LogP contribution in [0, 0.1) is 0 Å². The van der Waals surface area contributed by atoms with E-state index in [2.05, 4.69) is 31.3 Å². The molecule has 3 N–H and O–H groups in total. The number of carbonyl (C=O) groups is 2. The Bertz CT molecular complexity index is 1060. The number of carbonyl (C=O) groups excluding carboxylic acids is 2. The molecule has 1 amide bonds. The van der Waals surface area contributed by atoms with Crippen molar-refractivity contribution >= 4 is 11.9 Å². The third-order valence-electron chi connectivity index (χ3n) is 14.2. The summed E-state index contributed by atoms with van der Waals surface area (Å²) >= 11 is 0. The summed E-state index contributed by atoms with van der Waals surface area (Å²) in [6.45, 7) is 4.90. The Hall–Kier alpha value is -1.66. The molecule has 0 radical (unpaired) electrons. The van der Waals surface area contributed by atoms with Crippen LogP contribution in [0.15, 0.2) is 24.3 Å². The summed E-state index contributed by atoms with van der Waals surface area (Å²) in [7, 11) is 0. The van der Waals surface area contributed by atoms with Gasteiger partial charge in [0.1, 0.15) is 0 Å². The molecule has 0 aromatic heterocycles. The number of aliphatic hydroxyl groups is 2. The van der Waals surface area contributed by atoms with Gasteiger partial charge in [-0.3, -0.25) is 9.59 Å². The lowest BCUT2D eigenvalue weighted by molar-refractivity contribution is -0.143. The molecule has 0 bridgehead atoms. The van der Waals surface area contributed by atoms with Crippen molar-refractivity contribution in [1.82, 2.24) is 5.32 Å². The van der Waals surface area contributed by atoms with Crippen molar-refractivity contribution in [2.24, 2.45) is 0 Å². The summed E-state index contributed by atoms with van der Waals surface area (Å²) in [6.07, 6.45) is 70.7. The van der Waals surface area contributed by atoms with Crippen molar-refractivity contribution in [2.45, 2.75) is 347 Å². The number of hydrogen-bond donors (Lipinski definition) is 3. The molecule has 0 fully saturated rings. The van der Waals surface area contributed by atoms with E-state index in [0.29, 0.717) is 19.4 Å². The molecule has 6 nitrogen and oxygen atoms in total. The molecule has 0 aromatic carbocycles. The van der Waals surface area contributed by atoms with E-state index in [1.54, 1.807) is 6.08 Å². The van der Waals surface area contributed by atoms with Crippen LogP contribution in [0.25, 0.3) is 0 Å². The zero-order valence-corrected chi connectivity index (χ0v) is 45.9. The Morgan fingerprint density at radius 3 is 1.04 bits per heavy atom. The third-order valence-corrected chi connectivity index (χ3v) is 14.2. The van der Waals surface area contributed by atoms with E-state index < -0.39 is 12.1 Å². The zero-order chi connectivity index (χ0) is 49.3. The fourth-order valence-electron chi connectivity index (χ4n) is 9.51. The molecular weight excluding hydrogens is 839 g/mol. The summed E-state index contributed by atoms with van der Waals surface area (Å²) in [5, 5.41) is 23.2. The van der Waals surface area contributed by atoms with E-state index in [1.807, 2.05) is 6.08 Å². The first-order chi connectivity index (χ1) is 33.5. The molecule has 0 spiro atoms. The highest BCUT2D eigenvalue weighted by molar-refractivity contribution is 5.76. The smallest absolute Gasteiger partial charge is 0.305 e. The van der Waals surface area contributed by atoms with Crippen LogP contribution in [0.4, 0.5) is 0 Å². The number of ether oxygens (including phenoxy) is 1. The first-order valence-corrected chi connectivity index (χ1v) is 30.6. The Balaban J connectivity index is 3.49. The topological polar surface area (TPSA) is 95.9 Å². The summed E-state index contributed by atoms with van der Waals surface area (Å²) in [5.74, 6) is -0.0837. The number of allylic oxidation sites excluding steroid dienone is 3. The number of aliphatic hydroxyl groups excluding tert-OH is 2. The van der Waals surface area contributed by atoms with E-state index in [9.17, 15) is 19.8 Å². The first kappa shape index (κ1) is 66.3. The minimum Gasteiger partial charge on any atom is -0.466 e. The van der Waals surface area contributed by atoms with Gasteiger partial charge in [-0.05, 0) is 57.8 Å². The Labute approximate surface area is 424 Å². The second-order valence-electron chi connectivity index (χ2n) is 21.0. The van der Waals surface area contributed by atoms with Gasteiger partial charge in [0.05, 0.1) is 25.4 Å². The van der Waals surface area contributed by atoms with Gasteiger partial charge >= 0.3 is 5.97 Å². The average molecular weight is 959 g/mol. The number of rotatable bonds is 57. The maximum absolute atomic E-state index is 12.5. The maximum atomic E-state index is 12.5. The van der Waals surface area contributed by atoms with Gasteiger partial charge < -0.3 is 20.3 Å². The van der Waals surface area contributed by atoms with E-state index in [-0.39, 0.29) is 18.5 Å². The molecular formula is C62H119NO5. The highest BCUT2D eigenvalue weighted by atomic mass is 16.5. The average Bonchev–Trinajstić information content (AvgIpc) is 3.34. The quantitative estimate of drug-likeness (QED) is 0.0321. The summed E-state index contributed by atoms with van der Waals surface area (Å²) < 4.78 is 5.47. The van der Waals surface area contributed by atoms with E-state index in [4.69, 9.17) is 4.74 Å². The molecule has 0 saturated carbocycles. The highest BCUT2D eigenvalue weighted by Gasteiger charge is 2.18. The van der Waals surface area contributed by atoms with Crippen LogP contribution in [0.5, 0.6) is 0 Å². The summed E-state index contributed by atoms with van der Waals surface area (Å²) in [5.41, 5.74) is 0. The van der Waals surface area contributed by atoms with Crippen molar-refractivity contribution in [3.8, 4) is 0 Å². The largest absolute Gasteiger partial charge is 0.466 e. The lowest BCUT2D eigenvalue weighted by atomic mass is 10.0. The van der Waals surface area contributed by atoms with Crippen molar-refractivity contribution in [3.63, 3.8) is 0 Å². The molecule has 6 heteroatoms. The highest BCUT2D eigenvalue weighted by Crippen LogP contribution is 2.17. The Morgan fingerprint density at radius 1 is 0.397 bits per heavy atom. The molecule has 68 heavy (non-hydrogen) atoms. The maximum Gasteiger partial charge on any atom is 0.305 e. The molecule has 0 aliphatic rings. The predicted octanol–water partition coefficient (Wildman–Crippen LogP) is 19.0. The number of esters is 1. The number of amides is 1. The second-order valence-corrected chi connectivity index (χ2v) is 21.0. The monoisotopic (exact) mass is 958 g/mol. The molecule has 0 saturated heterocycles. The van der Waals surface area contributed by atoms with Gasteiger partial charge in [-0.15, -0.1) is 0 Å². The molecule has 2 unspecified atom stereocenters. The Kier molecular flexibility index (Phi) is 56.5. The molecule has 2 atom stereocenters. The molecule has 0 aliphatic carbocycles. The molecule has 0 aliphatic heterocycles. The van der Waals surface area contributed by atoms with Crippen molar-refractivity contribution < 1.29 is 24.5 Å². The van der Waals surface area contributed by atoms with Crippen molar-refractivity contribution in [1.29, 1.82) is 0 Å². The second kappa shape index (κ2) is 57.9. The Morgan fingerprint density at radius 2 is 0.691 bits per heavy atom. The van der Waals surface area contributed by atoms with E-state index >= 15 is 0 Å². The predicted molar refractivity (Wildman–Crippen MR) is 296 cm³/mol. The lowest BCUT2D eigenvalue weighted by Crippen LogP contribution is -2.45. The van der Waals surface area contributed by atoms with Crippen LogP contribution >= 0.6 is 0 Å². The van der Waals surface area contributed by atoms with E-state index in [0.717, 1.165) is 64.2 Å². The standard InChI is InChI=1S/C62H119NO5/c1-3-5-7-9-11-13-15-17-18-19-20-21-22-23-24-27-31-34-38-42-46-50-54-60(65)59(58-64)63-61(66)55-51-47-43-39-35-32-28-25-26-29-33-37-41-45-49-53-57-68-62(67)56-52-48-44-40-36-30-16-14-12-10-8-6-4-2/h25,28,50,54,59-60,64-65H,3-24,26-27,29-49,51-53,55-58H2,1-2H3,(H,63,66)/b28-25-,54-50+. The fraction of sp³-hybridized carbons (Fsp3) is 0.903. The van der Waals surface area contributed by atoms with Crippen LogP contribution in [-0.4, -0.2) is 47.4 Å². The van der Waals surface area contributed by atoms with Gasteiger partial charge in [-0.2, -0.15) is 0 Å². The number of hydrogen-bond acceptors (Lipinski definition) is 5. The number of nitrogens with one attached hydrogen (secondary N) is 1. The van der Waals surface area contributed by atoms with Crippen LogP contribution in [0.1, 0.15) is 335 Å². The van der Waals surface area contributed by atoms with Gasteiger partial charge in [-0.1, -0.05) is 289 Å². The minimum absolute atomic E-state index is 0.00180. The molecule has 0 heterocycles. The normalized spacial score (nSPS) is 12.7. The van der Waals surface area contributed by atoms with E-state index in [1.165, 1.54) is 244 Å². The summed E-state index contributed by atoms with van der Waals surface area (Å²) in [4.78, 5) is 24.5. The van der Waals surface area contributed by atoms with Gasteiger partial charge in [-0.25, -0.2) is 0 Å². The SMILES string of the molecule is CCCCCCCCCCCCCCCCCCCCCC/C=C/C(O)C(CO)NC(=O)CCCCCCC/C=C\CCCCCCCCCOC(=O)CCCCCCCCCCCCCCC. The van der Waals surface area contributed by atoms with Crippen LogP contribution in [0.2, 0.25) is 0 Å². The fourth-order valence-corrected chi connectivity index (χ4v) is 9.51. The third kappa shape index (κ3) is 53.7. The van der Waals surface area contributed by atoms with Gasteiger partial charge in [0.25, 0.3) is 0 Å².